The van der Waals surface area contributed by atoms with Gasteiger partial charge in [0, 0.05) is 6.04 Å². The zero-order valence-corrected chi connectivity index (χ0v) is 22.9. The van der Waals surface area contributed by atoms with Crippen LogP contribution in [0.5, 0.6) is 11.5 Å². The van der Waals surface area contributed by atoms with E-state index in [-0.39, 0.29) is 18.6 Å². The van der Waals surface area contributed by atoms with Crippen LogP contribution in [0.15, 0.2) is 50.8 Å². The standard InChI is InChI=1S/C27H30BrN3O4S/c1-3-34-22-14-18(13-21(28)25(22)35-16-24(29)32)15-23-26(33)31(20-7-5-4-6-8-20)27(36-23)30-19-11-9-17(2)10-12-19/h9-15,20H,3-8,16H2,1-2H3,(H2,29,32)/b23-15+,30-27?. The van der Waals surface area contributed by atoms with E-state index in [0.717, 1.165) is 42.5 Å². The number of aliphatic imine (C=N–C) groups is 1. The van der Waals surface area contributed by atoms with Crippen molar-refractivity contribution in [2.75, 3.05) is 13.2 Å². The number of rotatable bonds is 8. The number of hydrogen-bond donors (Lipinski definition) is 1. The molecule has 1 saturated carbocycles. The number of nitrogens with two attached hydrogens (primary N) is 1. The van der Waals surface area contributed by atoms with Crippen molar-refractivity contribution in [1.82, 2.24) is 4.90 Å². The highest BCUT2D eigenvalue weighted by Crippen LogP contribution is 2.41. The van der Waals surface area contributed by atoms with Gasteiger partial charge in [-0.15, -0.1) is 0 Å². The number of benzene rings is 2. The van der Waals surface area contributed by atoms with Crippen LogP contribution in [0.3, 0.4) is 0 Å². The van der Waals surface area contributed by atoms with Gasteiger partial charge in [-0.3, -0.25) is 14.5 Å². The Morgan fingerprint density at radius 1 is 1.19 bits per heavy atom. The Kier molecular flexibility index (Phi) is 8.74. The Morgan fingerprint density at radius 3 is 2.58 bits per heavy atom. The van der Waals surface area contributed by atoms with E-state index in [9.17, 15) is 9.59 Å². The molecule has 2 aromatic carbocycles. The Bertz CT molecular complexity index is 1190. The largest absolute Gasteiger partial charge is 0.490 e. The van der Waals surface area contributed by atoms with Gasteiger partial charge < -0.3 is 15.2 Å². The minimum Gasteiger partial charge on any atom is -0.490 e. The van der Waals surface area contributed by atoms with Gasteiger partial charge in [0.25, 0.3) is 11.8 Å². The van der Waals surface area contributed by atoms with Crippen molar-refractivity contribution in [2.45, 2.75) is 52.0 Å². The molecule has 4 rings (SSSR count). The maximum absolute atomic E-state index is 13.6. The first-order valence-electron chi connectivity index (χ1n) is 12.1. The molecule has 2 aromatic rings. The molecule has 2 aliphatic rings. The third-order valence-corrected chi connectivity index (χ3v) is 7.60. The Hall–Kier alpha value is -2.78. The third kappa shape index (κ3) is 6.31. The summed E-state index contributed by atoms with van der Waals surface area (Å²) in [5.41, 5.74) is 8.00. The number of thioether (sulfide) groups is 1. The molecule has 0 bridgehead atoms. The molecule has 1 saturated heterocycles. The topological polar surface area (TPSA) is 94.2 Å². The summed E-state index contributed by atoms with van der Waals surface area (Å²) in [6.07, 6.45) is 7.26. The highest BCUT2D eigenvalue weighted by molar-refractivity contribution is 9.10. The van der Waals surface area contributed by atoms with Crippen molar-refractivity contribution in [3.63, 3.8) is 0 Å². The van der Waals surface area contributed by atoms with E-state index in [1.54, 1.807) is 6.07 Å². The van der Waals surface area contributed by atoms with E-state index in [1.165, 1.54) is 18.2 Å². The summed E-state index contributed by atoms with van der Waals surface area (Å²) >= 11 is 4.90. The zero-order chi connectivity index (χ0) is 25.7. The number of primary amides is 1. The monoisotopic (exact) mass is 571 g/mol. The molecule has 190 valence electrons. The second-order valence-electron chi connectivity index (χ2n) is 8.83. The molecular weight excluding hydrogens is 542 g/mol. The Balaban J connectivity index is 1.69. The van der Waals surface area contributed by atoms with E-state index in [1.807, 2.05) is 55.2 Å². The van der Waals surface area contributed by atoms with Crippen molar-refractivity contribution in [3.05, 3.63) is 56.9 Å². The van der Waals surface area contributed by atoms with Gasteiger partial charge in [0.1, 0.15) is 0 Å². The fourth-order valence-corrected chi connectivity index (χ4v) is 5.96. The third-order valence-electron chi connectivity index (χ3n) is 6.02. The average Bonchev–Trinajstić information content (AvgIpc) is 3.15. The van der Waals surface area contributed by atoms with Gasteiger partial charge in [0.15, 0.2) is 23.3 Å². The van der Waals surface area contributed by atoms with Crippen molar-refractivity contribution in [2.24, 2.45) is 10.7 Å². The first-order valence-corrected chi connectivity index (χ1v) is 13.7. The van der Waals surface area contributed by atoms with Crippen LogP contribution < -0.4 is 15.2 Å². The highest BCUT2D eigenvalue weighted by Gasteiger charge is 2.38. The normalized spacial score (nSPS) is 18.8. The SMILES string of the molecule is CCOc1cc(/C=C2/SC(=Nc3ccc(C)cc3)N(C3CCCCC3)C2=O)cc(Br)c1OCC(N)=O. The van der Waals surface area contributed by atoms with Gasteiger partial charge >= 0.3 is 0 Å². The Morgan fingerprint density at radius 2 is 1.92 bits per heavy atom. The lowest BCUT2D eigenvalue weighted by molar-refractivity contribution is -0.124. The van der Waals surface area contributed by atoms with Gasteiger partial charge in [-0.25, -0.2) is 4.99 Å². The second kappa shape index (κ2) is 12.0. The van der Waals surface area contributed by atoms with E-state index in [4.69, 9.17) is 20.2 Å². The molecule has 2 amide bonds. The molecule has 36 heavy (non-hydrogen) atoms. The smallest absolute Gasteiger partial charge is 0.267 e. The predicted molar refractivity (Wildman–Crippen MR) is 148 cm³/mol. The summed E-state index contributed by atoms with van der Waals surface area (Å²) < 4.78 is 11.9. The Labute approximate surface area is 224 Å². The number of nitrogens with zero attached hydrogens (tertiary/aromatic N) is 2. The lowest BCUT2D eigenvalue weighted by atomic mass is 9.94. The highest BCUT2D eigenvalue weighted by atomic mass is 79.9. The fraction of sp³-hybridized carbons (Fsp3) is 0.370. The van der Waals surface area contributed by atoms with E-state index < -0.39 is 5.91 Å². The summed E-state index contributed by atoms with van der Waals surface area (Å²) in [4.78, 5) is 32.2. The summed E-state index contributed by atoms with van der Waals surface area (Å²) in [5.74, 6) is 0.259. The fourth-order valence-electron chi connectivity index (χ4n) is 4.32. The molecule has 0 spiro atoms. The average molecular weight is 573 g/mol. The number of carbonyl (C=O) groups is 2. The molecule has 2 N–H and O–H groups in total. The molecule has 0 aromatic heterocycles. The molecule has 1 aliphatic carbocycles. The van der Waals surface area contributed by atoms with Crippen molar-refractivity contribution in [1.29, 1.82) is 0 Å². The second-order valence-corrected chi connectivity index (χ2v) is 10.7. The van der Waals surface area contributed by atoms with Crippen LogP contribution in [0.4, 0.5) is 5.69 Å². The number of ether oxygens (including phenoxy) is 2. The lowest BCUT2D eigenvalue weighted by Crippen LogP contribution is -2.40. The van der Waals surface area contributed by atoms with Crippen LogP contribution in [-0.2, 0) is 9.59 Å². The predicted octanol–water partition coefficient (Wildman–Crippen LogP) is 5.96. The van der Waals surface area contributed by atoms with Crippen LogP contribution in [0, 0.1) is 6.92 Å². The lowest BCUT2D eigenvalue weighted by Gasteiger charge is -2.30. The van der Waals surface area contributed by atoms with Crippen molar-refractivity contribution >= 4 is 56.4 Å². The maximum Gasteiger partial charge on any atom is 0.267 e. The zero-order valence-electron chi connectivity index (χ0n) is 20.5. The number of aryl methyl sites for hydroxylation is 1. The van der Waals surface area contributed by atoms with Gasteiger partial charge in [-0.2, -0.15) is 0 Å². The summed E-state index contributed by atoms with van der Waals surface area (Å²) in [6.45, 7) is 4.06. The first kappa shape index (κ1) is 26.3. The molecule has 0 radical (unpaired) electrons. The molecular formula is C27H30BrN3O4S. The molecule has 0 atom stereocenters. The van der Waals surface area contributed by atoms with Crippen molar-refractivity contribution < 1.29 is 19.1 Å². The van der Waals surface area contributed by atoms with Gasteiger partial charge in [-0.05, 0) is 90.3 Å². The molecule has 2 fully saturated rings. The van der Waals surface area contributed by atoms with Crippen LogP contribution in [-0.4, -0.2) is 41.1 Å². The number of halogens is 1. The summed E-state index contributed by atoms with van der Waals surface area (Å²) in [5, 5.41) is 0.715. The maximum atomic E-state index is 13.6. The molecule has 1 aliphatic heterocycles. The van der Waals surface area contributed by atoms with Gasteiger partial charge in [0.2, 0.25) is 0 Å². The summed E-state index contributed by atoms with van der Waals surface area (Å²) in [7, 11) is 0. The van der Waals surface area contributed by atoms with Crippen LogP contribution in [0.1, 0.15) is 50.2 Å². The van der Waals surface area contributed by atoms with Gasteiger partial charge in [0.05, 0.1) is 21.7 Å². The summed E-state index contributed by atoms with van der Waals surface area (Å²) in [6, 6.07) is 11.8. The van der Waals surface area contributed by atoms with Gasteiger partial charge in [-0.1, -0.05) is 37.0 Å². The number of amides is 2. The van der Waals surface area contributed by atoms with E-state index >= 15 is 0 Å². The molecule has 9 heteroatoms. The number of carbonyl (C=O) groups excluding carboxylic acids is 2. The van der Waals surface area contributed by atoms with Crippen molar-refractivity contribution in [3.8, 4) is 11.5 Å². The van der Waals surface area contributed by atoms with Crippen LogP contribution >= 0.6 is 27.7 Å². The minimum absolute atomic E-state index is 0.0269. The first-order chi connectivity index (χ1) is 17.4. The molecule has 7 nitrogen and oxygen atoms in total. The number of hydrogen-bond acceptors (Lipinski definition) is 6. The van der Waals surface area contributed by atoms with Crippen LogP contribution in [0.2, 0.25) is 0 Å². The number of amidine groups is 1. The van der Waals surface area contributed by atoms with E-state index in [2.05, 4.69) is 15.9 Å². The van der Waals surface area contributed by atoms with Crippen LogP contribution in [0.25, 0.3) is 6.08 Å². The quantitative estimate of drug-likeness (QED) is 0.394. The van der Waals surface area contributed by atoms with E-state index in [0.29, 0.717) is 32.7 Å². The minimum atomic E-state index is -0.577. The molecule has 0 unspecified atom stereocenters. The molecule has 1 heterocycles.